The van der Waals surface area contributed by atoms with Gasteiger partial charge in [0.15, 0.2) is 0 Å². The van der Waals surface area contributed by atoms with Gasteiger partial charge in [0.2, 0.25) is 11.8 Å². The Hall–Kier alpha value is -1.63. The number of hydrogen-bond acceptors (Lipinski definition) is 4. The molecule has 0 spiro atoms. The highest BCUT2D eigenvalue weighted by Crippen LogP contribution is 2.21. The van der Waals surface area contributed by atoms with Crippen molar-refractivity contribution in [2.24, 2.45) is 5.92 Å². The van der Waals surface area contributed by atoms with E-state index in [2.05, 4.69) is 0 Å². The van der Waals surface area contributed by atoms with Crippen molar-refractivity contribution < 1.29 is 24.2 Å². The summed E-state index contributed by atoms with van der Waals surface area (Å²) in [5.74, 6) is -0.563. The van der Waals surface area contributed by atoms with Crippen molar-refractivity contribution in [1.82, 2.24) is 9.80 Å². The largest absolute Gasteiger partial charge is 0.480 e. The number of aliphatic carboxylic acids is 1. The monoisotopic (exact) mass is 354 g/mol. The van der Waals surface area contributed by atoms with Gasteiger partial charge in [-0.3, -0.25) is 14.4 Å². The van der Waals surface area contributed by atoms with Crippen LogP contribution in [0.2, 0.25) is 0 Å². The van der Waals surface area contributed by atoms with Crippen molar-refractivity contribution in [2.45, 2.75) is 57.9 Å². The van der Waals surface area contributed by atoms with Crippen molar-refractivity contribution in [1.29, 1.82) is 0 Å². The fraction of sp³-hybridized carbons (Fsp3) is 0.833. The zero-order valence-corrected chi connectivity index (χ0v) is 15.1. The summed E-state index contributed by atoms with van der Waals surface area (Å²) in [6, 6.07) is -0.0989. The molecule has 2 heterocycles. The molecule has 142 valence electrons. The zero-order valence-electron chi connectivity index (χ0n) is 15.1. The maximum Gasteiger partial charge on any atom is 0.323 e. The lowest BCUT2D eigenvalue weighted by atomic mass is 9.96. The molecule has 0 saturated carbocycles. The Morgan fingerprint density at radius 1 is 1.16 bits per heavy atom. The van der Waals surface area contributed by atoms with Crippen LogP contribution in [0.5, 0.6) is 0 Å². The van der Waals surface area contributed by atoms with E-state index in [0.29, 0.717) is 31.8 Å². The molecule has 2 atom stereocenters. The molecule has 7 nitrogen and oxygen atoms in total. The van der Waals surface area contributed by atoms with Crippen LogP contribution in [0.3, 0.4) is 0 Å². The molecular formula is C18H30N2O5. The summed E-state index contributed by atoms with van der Waals surface area (Å²) in [6.07, 6.45) is 5.82. The summed E-state index contributed by atoms with van der Waals surface area (Å²) in [5.41, 5.74) is 0. The summed E-state index contributed by atoms with van der Waals surface area (Å²) in [6.45, 7) is 4.01. The molecule has 0 aromatic rings. The quantitative estimate of drug-likeness (QED) is 0.781. The fourth-order valence-electron chi connectivity index (χ4n) is 3.80. The summed E-state index contributed by atoms with van der Waals surface area (Å²) in [7, 11) is 0. The van der Waals surface area contributed by atoms with Crippen molar-refractivity contribution in [3.8, 4) is 0 Å². The van der Waals surface area contributed by atoms with E-state index in [1.54, 1.807) is 0 Å². The maximum atomic E-state index is 12.5. The van der Waals surface area contributed by atoms with Gasteiger partial charge in [0, 0.05) is 45.7 Å². The van der Waals surface area contributed by atoms with E-state index >= 15 is 0 Å². The third-order valence-electron chi connectivity index (χ3n) is 5.22. The van der Waals surface area contributed by atoms with Crippen LogP contribution in [-0.2, 0) is 19.1 Å². The Morgan fingerprint density at radius 3 is 2.60 bits per heavy atom. The number of hydrogen-bond donors (Lipinski definition) is 1. The average molecular weight is 354 g/mol. The van der Waals surface area contributed by atoms with E-state index in [4.69, 9.17) is 9.84 Å². The summed E-state index contributed by atoms with van der Waals surface area (Å²) in [5, 5.41) is 9.00. The Kier molecular flexibility index (Phi) is 7.68. The molecule has 0 bridgehead atoms. The van der Waals surface area contributed by atoms with Gasteiger partial charge in [0.25, 0.3) is 0 Å². The second-order valence-electron chi connectivity index (χ2n) is 7.13. The molecule has 2 amide bonds. The average Bonchev–Trinajstić information content (AvgIpc) is 2.84. The van der Waals surface area contributed by atoms with E-state index in [9.17, 15) is 14.4 Å². The first kappa shape index (κ1) is 19.7. The van der Waals surface area contributed by atoms with Gasteiger partial charge in [-0.1, -0.05) is 0 Å². The number of likely N-dealkylation sites (tertiary alicyclic amines) is 1. The van der Waals surface area contributed by atoms with Crippen LogP contribution in [0.15, 0.2) is 0 Å². The predicted octanol–water partition coefficient (Wildman–Crippen LogP) is 1.51. The Labute approximate surface area is 149 Å². The molecule has 2 rings (SSSR count). The molecule has 2 saturated heterocycles. The first-order valence-electron chi connectivity index (χ1n) is 9.32. The molecule has 1 N–H and O–H groups in total. The highest BCUT2D eigenvalue weighted by molar-refractivity contribution is 5.80. The number of nitrogens with zero attached hydrogens (tertiary/aromatic N) is 2. The molecule has 25 heavy (non-hydrogen) atoms. The number of carbonyl (C=O) groups excluding carboxylic acids is 2. The first-order chi connectivity index (χ1) is 12.0. The van der Waals surface area contributed by atoms with Gasteiger partial charge in [-0.2, -0.15) is 0 Å². The molecule has 0 radical (unpaired) electrons. The minimum absolute atomic E-state index is 0.0989. The normalized spacial score (nSPS) is 24.4. The first-order valence-corrected chi connectivity index (χ1v) is 9.32. The molecule has 0 aromatic carbocycles. The van der Waals surface area contributed by atoms with Crippen molar-refractivity contribution in [3.63, 3.8) is 0 Å². The molecule has 0 aliphatic carbocycles. The summed E-state index contributed by atoms with van der Waals surface area (Å²) in [4.78, 5) is 38.5. The van der Waals surface area contributed by atoms with Gasteiger partial charge in [0.05, 0.1) is 0 Å². The zero-order chi connectivity index (χ0) is 18.2. The molecular weight excluding hydrogens is 324 g/mol. The van der Waals surface area contributed by atoms with Crippen LogP contribution in [0.25, 0.3) is 0 Å². The van der Waals surface area contributed by atoms with E-state index in [-0.39, 0.29) is 24.4 Å². The van der Waals surface area contributed by atoms with Crippen molar-refractivity contribution in [3.05, 3.63) is 0 Å². The van der Waals surface area contributed by atoms with Gasteiger partial charge < -0.3 is 19.6 Å². The minimum Gasteiger partial charge on any atom is -0.480 e. The predicted molar refractivity (Wildman–Crippen MR) is 92.0 cm³/mol. The van der Waals surface area contributed by atoms with Gasteiger partial charge in [0.1, 0.15) is 6.54 Å². The van der Waals surface area contributed by atoms with Crippen molar-refractivity contribution in [2.75, 3.05) is 32.8 Å². The van der Waals surface area contributed by atoms with Crippen LogP contribution in [0, 0.1) is 5.92 Å². The maximum absolute atomic E-state index is 12.5. The number of carboxylic acid groups (broad SMARTS) is 1. The molecule has 2 aliphatic rings. The van der Waals surface area contributed by atoms with Crippen LogP contribution in [0.1, 0.15) is 51.9 Å². The lowest BCUT2D eigenvalue weighted by Crippen LogP contribution is -2.43. The van der Waals surface area contributed by atoms with E-state index in [1.165, 1.54) is 11.8 Å². The molecule has 0 unspecified atom stereocenters. The smallest absolute Gasteiger partial charge is 0.323 e. The Balaban J connectivity index is 1.81. The fourth-order valence-corrected chi connectivity index (χ4v) is 3.80. The standard InChI is InChI=1S/C18H30N2O5/c1-14(21)20(12-18(23)24)16-5-2-9-19(10-8-16)17(22)7-6-15-4-3-11-25-13-15/h15-16H,2-13H2,1H3,(H,23,24)/t15-,16+/m1/s1. The van der Waals surface area contributed by atoms with Gasteiger partial charge in [-0.15, -0.1) is 0 Å². The minimum atomic E-state index is -0.998. The number of ether oxygens (including phenoxy) is 1. The number of carboxylic acids is 1. The Bertz CT molecular complexity index is 476. The SMILES string of the molecule is CC(=O)N(CC(=O)O)[C@H]1CCCN(C(=O)CC[C@H]2CCCOC2)CC1. The van der Waals surface area contributed by atoms with Crippen LogP contribution < -0.4 is 0 Å². The van der Waals surface area contributed by atoms with Crippen LogP contribution in [-0.4, -0.2) is 71.6 Å². The van der Waals surface area contributed by atoms with Crippen molar-refractivity contribution >= 4 is 17.8 Å². The summed E-state index contributed by atoms with van der Waals surface area (Å²) < 4.78 is 5.46. The van der Waals surface area contributed by atoms with Gasteiger partial charge >= 0.3 is 5.97 Å². The third-order valence-corrected chi connectivity index (χ3v) is 5.22. The van der Waals surface area contributed by atoms with E-state index < -0.39 is 5.97 Å². The highest BCUT2D eigenvalue weighted by Gasteiger charge is 2.27. The molecule has 7 heteroatoms. The lowest BCUT2D eigenvalue weighted by Gasteiger charge is -2.29. The van der Waals surface area contributed by atoms with Gasteiger partial charge in [-0.25, -0.2) is 0 Å². The number of carbonyl (C=O) groups is 3. The van der Waals surface area contributed by atoms with Crippen LogP contribution in [0.4, 0.5) is 0 Å². The topological polar surface area (TPSA) is 87.2 Å². The highest BCUT2D eigenvalue weighted by atomic mass is 16.5. The molecule has 2 aliphatic heterocycles. The molecule has 2 fully saturated rings. The van der Waals surface area contributed by atoms with Crippen LogP contribution >= 0.6 is 0 Å². The van der Waals surface area contributed by atoms with E-state index in [1.807, 2.05) is 4.90 Å². The molecule has 0 aromatic heterocycles. The van der Waals surface area contributed by atoms with E-state index in [0.717, 1.165) is 45.3 Å². The number of amides is 2. The second kappa shape index (κ2) is 9.75. The number of rotatable bonds is 6. The lowest BCUT2D eigenvalue weighted by molar-refractivity contribution is -0.145. The summed E-state index contributed by atoms with van der Waals surface area (Å²) >= 11 is 0. The Morgan fingerprint density at radius 2 is 1.96 bits per heavy atom. The second-order valence-corrected chi connectivity index (χ2v) is 7.13. The van der Waals surface area contributed by atoms with Gasteiger partial charge in [-0.05, 0) is 44.4 Å². The third kappa shape index (κ3) is 6.30.